The first-order valence-corrected chi connectivity index (χ1v) is 4.94. The van der Waals surface area contributed by atoms with Crippen LogP contribution in [0.2, 0.25) is 0 Å². The number of allylic oxidation sites excluding steroid dienone is 1. The van der Waals surface area contributed by atoms with Crippen LogP contribution in [0.4, 0.5) is 0 Å². The van der Waals surface area contributed by atoms with Crippen molar-refractivity contribution >= 4 is 0 Å². The van der Waals surface area contributed by atoms with Gasteiger partial charge >= 0.3 is 0 Å². The molecule has 0 aromatic carbocycles. The molecule has 0 aromatic rings. The Balaban J connectivity index is 2.33. The highest BCUT2D eigenvalue weighted by Gasteiger charge is 2.13. The van der Waals surface area contributed by atoms with Crippen molar-refractivity contribution in [3.05, 3.63) is 24.3 Å². The number of hydrogen-bond donors (Lipinski definition) is 0. The van der Waals surface area contributed by atoms with Crippen LogP contribution in [-0.2, 0) is 0 Å². The van der Waals surface area contributed by atoms with Crippen LogP contribution in [0.1, 0.15) is 6.92 Å². The Hall–Kier alpha value is -0.600. The van der Waals surface area contributed by atoms with Gasteiger partial charge in [-0.15, -0.1) is 0 Å². The molecule has 0 unspecified atom stereocenters. The second-order valence-corrected chi connectivity index (χ2v) is 3.65. The Labute approximate surface area is 81.5 Å². The molecule has 0 aromatic heterocycles. The number of piperazine rings is 1. The molecule has 1 saturated heterocycles. The zero-order valence-corrected chi connectivity index (χ0v) is 8.79. The van der Waals surface area contributed by atoms with E-state index in [2.05, 4.69) is 36.4 Å². The van der Waals surface area contributed by atoms with Gasteiger partial charge in [0, 0.05) is 32.7 Å². The first-order valence-electron chi connectivity index (χ1n) is 4.94. The molecule has 0 saturated carbocycles. The molecule has 0 N–H and O–H groups in total. The molecular weight excluding hydrogens is 160 g/mol. The summed E-state index contributed by atoms with van der Waals surface area (Å²) >= 11 is 0. The fourth-order valence-electron chi connectivity index (χ4n) is 1.54. The van der Waals surface area contributed by atoms with Gasteiger partial charge in [0.1, 0.15) is 0 Å². The maximum absolute atomic E-state index is 3.81. The Bertz CT molecular complexity index is 188. The van der Waals surface area contributed by atoms with Crippen LogP contribution in [0.3, 0.4) is 0 Å². The quantitative estimate of drug-likeness (QED) is 0.605. The van der Waals surface area contributed by atoms with Gasteiger partial charge in [-0.1, -0.05) is 18.7 Å². The van der Waals surface area contributed by atoms with Crippen molar-refractivity contribution in [1.82, 2.24) is 9.80 Å². The Morgan fingerprint density at radius 3 is 2.38 bits per heavy atom. The summed E-state index contributed by atoms with van der Waals surface area (Å²) < 4.78 is 0. The van der Waals surface area contributed by atoms with Gasteiger partial charge in [-0.05, 0) is 19.5 Å². The lowest BCUT2D eigenvalue weighted by atomic mass is 10.2. The number of nitrogens with zero attached hydrogens (tertiary/aromatic N) is 2. The van der Waals surface area contributed by atoms with Gasteiger partial charge in [-0.25, -0.2) is 0 Å². The van der Waals surface area contributed by atoms with E-state index in [4.69, 9.17) is 0 Å². The Morgan fingerprint density at radius 2 is 1.92 bits per heavy atom. The third-order valence-corrected chi connectivity index (χ3v) is 2.64. The van der Waals surface area contributed by atoms with Gasteiger partial charge < -0.3 is 4.90 Å². The number of hydrogen-bond acceptors (Lipinski definition) is 2. The van der Waals surface area contributed by atoms with Gasteiger partial charge in [-0.2, -0.15) is 0 Å². The van der Waals surface area contributed by atoms with Gasteiger partial charge in [0.2, 0.25) is 0 Å². The normalized spacial score (nSPS) is 21.8. The van der Waals surface area contributed by atoms with E-state index < -0.39 is 0 Å². The van der Waals surface area contributed by atoms with Crippen LogP contribution in [0, 0.1) is 0 Å². The minimum atomic E-state index is 1.06. The number of likely N-dealkylation sites (N-methyl/N-ethyl adjacent to an activating group) is 1. The van der Waals surface area contributed by atoms with E-state index in [1.807, 2.05) is 6.08 Å². The van der Waals surface area contributed by atoms with Crippen LogP contribution < -0.4 is 0 Å². The van der Waals surface area contributed by atoms with E-state index in [1.54, 1.807) is 0 Å². The van der Waals surface area contributed by atoms with Crippen molar-refractivity contribution in [2.75, 3.05) is 39.8 Å². The van der Waals surface area contributed by atoms with E-state index in [0.29, 0.717) is 0 Å². The van der Waals surface area contributed by atoms with E-state index in [1.165, 1.54) is 31.8 Å². The molecule has 1 aliphatic heterocycles. The molecule has 13 heavy (non-hydrogen) atoms. The predicted molar refractivity (Wildman–Crippen MR) is 57.9 cm³/mol. The van der Waals surface area contributed by atoms with Crippen molar-refractivity contribution in [3.8, 4) is 0 Å². The summed E-state index contributed by atoms with van der Waals surface area (Å²) in [5.41, 5.74) is 1.34. The van der Waals surface area contributed by atoms with Crippen LogP contribution >= 0.6 is 0 Å². The topological polar surface area (TPSA) is 6.48 Å². The Morgan fingerprint density at radius 1 is 1.31 bits per heavy atom. The minimum Gasteiger partial charge on any atom is -0.304 e. The van der Waals surface area contributed by atoms with Crippen molar-refractivity contribution < 1.29 is 0 Å². The molecule has 0 amide bonds. The molecule has 1 rings (SSSR count). The van der Waals surface area contributed by atoms with Crippen molar-refractivity contribution in [2.24, 2.45) is 0 Å². The minimum absolute atomic E-state index is 1.06. The summed E-state index contributed by atoms with van der Waals surface area (Å²) in [6.07, 6.45) is 4.10. The van der Waals surface area contributed by atoms with Gasteiger partial charge in [0.15, 0.2) is 0 Å². The average molecular weight is 180 g/mol. The third-order valence-electron chi connectivity index (χ3n) is 2.64. The van der Waals surface area contributed by atoms with Gasteiger partial charge in [0.25, 0.3) is 0 Å². The second-order valence-electron chi connectivity index (χ2n) is 3.65. The second kappa shape index (κ2) is 5.20. The molecule has 1 aliphatic rings. The van der Waals surface area contributed by atoms with Crippen LogP contribution in [0.15, 0.2) is 24.3 Å². The fraction of sp³-hybridized carbons (Fsp3) is 0.636. The molecule has 74 valence electrons. The van der Waals surface area contributed by atoms with Gasteiger partial charge in [0.05, 0.1) is 0 Å². The summed E-state index contributed by atoms with van der Waals surface area (Å²) in [6.45, 7) is 11.7. The summed E-state index contributed by atoms with van der Waals surface area (Å²) in [7, 11) is 2.18. The summed E-state index contributed by atoms with van der Waals surface area (Å²) in [4.78, 5) is 4.86. The van der Waals surface area contributed by atoms with E-state index in [0.717, 1.165) is 6.54 Å². The predicted octanol–water partition coefficient (Wildman–Crippen LogP) is 1.37. The maximum atomic E-state index is 3.81. The zero-order chi connectivity index (χ0) is 9.68. The third kappa shape index (κ3) is 3.33. The molecule has 0 spiro atoms. The zero-order valence-electron chi connectivity index (χ0n) is 8.79. The smallest absolute Gasteiger partial charge is 0.0231 e. The van der Waals surface area contributed by atoms with Crippen molar-refractivity contribution in [2.45, 2.75) is 6.92 Å². The van der Waals surface area contributed by atoms with Crippen LogP contribution in [-0.4, -0.2) is 49.6 Å². The lowest BCUT2D eigenvalue weighted by Gasteiger charge is -2.32. The Kier molecular flexibility index (Phi) is 4.19. The van der Waals surface area contributed by atoms with Crippen molar-refractivity contribution in [1.29, 1.82) is 0 Å². The molecule has 0 aliphatic carbocycles. The molecule has 1 heterocycles. The van der Waals surface area contributed by atoms with E-state index in [-0.39, 0.29) is 0 Å². The maximum Gasteiger partial charge on any atom is 0.0231 e. The standard InChI is InChI=1S/C11H20N2/c1-4-11(5-2)10-13-8-6-12(3)7-9-13/h4-5H,1,6-10H2,2-3H3/b11-5+. The average Bonchev–Trinajstić information content (AvgIpc) is 2.17. The van der Waals surface area contributed by atoms with E-state index >= 15 is 0 Å². The largest absolute Gasteiger partial charge is 0.304 e. The lowest BCUT2D eigenvalue weighted by molar-refractivity contribution is 0.164. The summed E-state index contributed by atoms with van der Waals surface area (Å²) in [6, 6.07) is 0. The first-order chi connectivity index (χ1) is 6.26. The highest BCUT2D eigenvalue weighted by atomic mass is 15.2. The molecular formula is C11H20N2. The summed E-state index contributed by atoms with van der Waals surface area (Å²) in [5.74, 6) is 0. The SMILES string of the molecule is C=C/C(=C\C)CN1CCN(C)CC1. The van der Waals surface area contributed by atoms with Gasteiger partial charge in [-0.3, -0.25) is 4.90 Å². The molecule has 0 bridgehead atoms. The molecule has 2 nitrogen and oxygen atoms in total. The number of rotatable bonds is 3. The monoisotopic (exact) mass is 180 g/mol. The molecule has 2 heteroatoms. The highest BCUT2D eigenvalue weighted by molar-refractivity contribution is 5.16. The van der Waals surface area contributed by atoms with Crippen LogP contribution in [0.25, 0.3) is 0 Å². The molecule has 1 fully saturated rings. The first kappa shape index (κ1) is 10.5. The molecule has 0 radical (unpaired) electrons. The summed E-state index contributed by atoms with van der Waals surface area (Å²) in [5, 5.41) is 0. The molecule has 0 atom stereocenters. The fourth-order valence-corrected chi connectivity index (χ4v) is 1.54. The van der Waals surface area contributed by atoms with E-state index in [9.17, 15) is 0 Å². The van der Waals surface area contributed by atoms with Crippen molar-refractivity contribution in [3.63, 3.8) is 0 Å². The lowest BCUT2D eigenvalue weighted by Crippen LogP contribution is -2.44. The van der Waals surface area contributed by atoms with Crippen LogP contribution in [0.5, 0.6) is 0 Å². The highest BCUT2D eigenvalue weighted by Crippen LogP contribution is 2.04.